The van der Waals surface area contributed by atoms with E-state index in [9.17, 15) is 4.79 Å². The summed E-state index contributed by atoms with van der Waals surface area (Å²) < 4.78 is 0.271. The van der Waals surface area contributed by atoms with E-state index in [1.165, 1.54) is 0 Å². The standard InChI is InChI=1S/C12H13ClN4OS/c1-3-17(7-9-6-4-5-8(2)14-9)11(18)10-15-16-12(13)19-10/h4-6H,3,7H2,1-2H3. The Hall–Kier alpha value is -1.53. The Bertz CT molecular complexity index is 587. The quantitative estimate of drug-likeness (QED) is 0.870. The molecule has 0 aromatic carbocycles. The van der Waals surface area contributed by atoms with Crippen molar-refractivity contribution in [3.63, 3.8) is 0 Å². The van der Waals surface area contributed by atoms with Crippen LogP contribution < -0.4 is 0 Å². The van der Waals surface area contributed by atoms with E-state index in [1.807, 2.05) is 32.0 Å². The molecule has 0 aliphatic heterocycles. The first-order chi connectivity index (χ1) is 9.10. The van der Waals surface area contributed by atoms with Gasteiger partial charge in [0.1, 0.15) is 0 Å². The van der Waals surface area contributed by atoms with Gasteiger partial charge in [0.05, 0.1) is 12.2 Å². The molecule has 0 fully saturated rings. The van der Waals surface area contributed by atoms with Gasteiger partial charge >= 0.3 is 0 Å². The lowest BCUT2D eigenvalue weighted by Crippen LogP contribution is -2.30. The molecule has 2 aromatic rings. The molecule has 0 N–H and O–H groups in total. The molecular weight excluding hydrogens is 284 g/mol. The second-order valence-electron chi connectivity index (χ2n) is 3.95. The van der Waals surface area contributed by atoms with Crippen molar-refractivity contribution in [2.24, 2.45) is 0 Å². The van der Waals surface area contributed by atoms with Crippen molar-refractivity contribution < 1.29 is 4.79 Å². The van der Waals surface area contributed by atoms with Crippen LogP contribution in [0.4, 0.5) is 0 Å². The fourth-order valence-electron chi connectivity index (χ4n) is 1.64. The van der Waals surface area contributed by atoms with Crippen LogP contribution in [0.25, 0.3) is 0 Å². The Kier molecular flexibility index (Phi) is 4.44. The van der Waals surface area contributed by atoms with Crippen molar-refractivity contribution in [2.45, 2.75) is 20.4 Å². The highest BCUT2D eigenvalue weighted by Gasteiger charge is 2.19. The van der Waals surface area contributed by atoms with Gasteiger partial charge in [-0.25, -0.2) is 0 Å². The van der Waals surface area contributed by atoms with Gasteiger partial charge in [-0.05, 0) is 37.6 Å². The molecule has 7 heteroatoms. The zero-order chi connectivity index (χ0) is 13.8. The Morgan fingerprint density at radius 1 is 1.42 bits per heavy atom. The van der Waals surface area contributed by atoms with Gasteiger partial charge in [0.2, 0.25) is 9.47 Å². The second kappa shape index (κ2) is 6.08. The molecule has 100 valence electrons. The van der Waals surface area contributed by atoms with Crippen molar-refractivity contribution in [1.29, 1.82) is 0 Å². The molecule has 0 aliphatic carbocycles. The lowest BCUT2D eigenvalue weighted by atomic mass is 10.3. The van der Waals surface area contributed by atoms with Gasteiger partial charge in [-0.1, -0.05) is 17.4 Å². The van der Waals surface area contributed by atoms with Crippen molar-refractivity contribution in [3.05, 3.63) is 39.1 Å². The van der Waals surface area contributed by atoms with Crippen molar-refractivity contribution >= 4 is 28.8 Å². The van der Waals surface area contributed by atoms with E-state index in [1.54, 1.807) is 4.90 Å². The average Bonchev–Trinajstić information content (AvgIpc) is 2.82. The number of amides is 1. The summed E-state index contributed by atoms with van der Waals surface area (Å²) in [4.78, 5) is 18.3. The van der Waals surface area contributed by atoms with Crippen LogP contribution in [0.5, 0.6) is 0 Å². The van der Waals surface area contributed by atoms with E-state index in [2.05, 4.69) is 15.2 Å². The van der Waals surface area contributed by atoms with Crippen LogP contribution in [0, 0.1) is 6.92 Å². The largest absolute Gasteiger partial charge is 0.331 e. The molecule has 0 radical (unpaired) electrons. The maximum absolute atomic E-state index is 12.2. The Labute approximate surface area is 120 Å². The summed E-state index contributed by atoms with van der Waals surface area (Å²) in [6.07, 6.45) is 0. The predicted molar refractivity (Wildman–Crippen MR) is 74.3 cm³/mol. The van der Waals surface area contributed by atoms with Crippen molar-refractivity contribution in [2.75, 3.05) is 6.54 Å². The Morgan fingerprint density at radius 2 is 2.21 bits per heavy atom. The second-order valence-corrected chi connectivity index (χ2v) is 5.51. The van der Waals surface area contributed by atoms with Crippen LogP contribution in [0.2, 0.25) is 4.47 Å². The van der Waals surface area contributed by atoms with Gasteiger partial charge in [-0.15, -0.1) is 10.2 Å². The zero-order valence-electron chi connectivity index (χ0n) is 10.6. The molecule has 2 heterocycles. The van der Waals surface area contributed by atoms with Crippen LogP contribution in [-0.4, -0.2) is 32.5 Å². The summed E-state index contributed by atoms with van der Waals surface area (Å²) in [6.45, 7) is 4.86. The van der Waals surface area contributed by atoms with Gasteiger partial charge in [-0.2, -0.15) is 0 Å². The summed E-state index contributed by atoms with van der Waals surface area (Å²) >= 11 is 6.78. The fourth-order valence-corrected chi connectivity index (χ4v) is 2.43. The minimum Gasteiger partial charge on any atom is -0.331 e. The molecule has 0 unspecified atom stereocenters. The number of hydrogen-bond acceptors (Lipinski definition) is 5. The lowest BCUT2D eigenvalue weighted by molar-refractivity contribution is 0.0749. The molecule has 0 atom stereocenters. The lowest BCUT2D eigenvalue weighted by Gasteiger charge is -2.18. The molecule has 5 nitrogen and oxygen atoms in total. The minimum atomic E-state index is -0.171. The van der Waals surface area contributed by atoms with Gasteiger partial charge in [0, 0.05) is 12.2 Å². The topological polar surface area (TPSA) is 59.0 Å². The molecule has 2 rings (SSSR count). The van der Waals surface area contributed by atoms with E-state index in [0.717, 1.165) is 22.7 Å². The van der Waals surface area contributed by atoms with Crippen LogP contribution in [0.1, 0.15) is 28.1 Å². The summed E-state index contributed by atoms with van der Waals surface area (Å²) in [5.41, 5.74) is 1.78. The van der Waals surface area contributed by atoms with Gasteiger partial charge in [0.15, 0.2) is 0 Å². The maximum atomic E-state index is 12.2. The van der Waals surface area contributed by atoms with E-state index in [0.29, 0.717) is 18.1 Å². The van der Waals surface area contributed by atoms with E-state index >= 15 is 0 Å². The first-order valence-corrected chi connectivity index (χ1v) is 7.00. The molecule has 2 aromatic heterocycles. The van der Waals surface area contributed by atoms with Crippen LogP contribution >= 0.6 is 22.9 Å². The normalized spacial score (nSPS) is 10.5. The number of carbonyl (C=O) groups excluding carboxylic acids is 1. The number of nitrogens with zero attached hydrogens (tertiary/aromatic N) is 4. The van der Waals surface area contributed by atoms with Gasteiger partial charge in [-0.3, -0.25) is 9.78 Å². The highest BCUT2D eigenvalue weighted by atomic mass is 35.5. The molecule has 0 saturated carbocycles. The molecule has 0 aliphatic rings. The number of carbonyl (C=O) groups is 1. The van der Waals surface area contributed by atoms with Crippen LogP contribution in [0.15, 0.2) is 18.2 Å². The maximum Gasteiger partial charge on any atom is 0.285 e. The number of rotatable bonds is 4. The molecule has 1 amide bonds. The van der Waals surface area contributed by atoms with Crippen LogP contribution in [-0.2, 0) is 6.54 Å². The van der Waals surface area contributed by atoms with Crippen LogP contribution in [0.3, 0.4) is 0 Å². The van der Waals surface area contributed by atoms with Crippen molar-refractivity contribution in [3.8, 4) is 0 Å². The zero-order valence-corrected chi connectivity index (χ0v) is 12.2. The van der Waals surface area contributed by atoms with E-state index < -0.39 is 0 Å². The molecule has 0 spiro atoms. The van der Waals surface area contributed by atoms with E-state index in [4.69, 9.17) is 11.6 Å². The summed E-state index contributed by atoms with van der Waals surface area (Å²) in [7, 11) is 0. The Morgan fingerprint density at radius 3 is 2.79 bits per heavy atom. The minimum absolute atomic E-state index is 0.171. The third-order valence-corrected chi connectivity index (χ3v) is 3.56. The first kappa shape index (κ1) is 13.9. The average molecular weight is 297 g/mol. The monoisotopic (exact) mass is 296 g/mol. The highest BCUT2D eigenvalue weighted by molar-refractivity contribution is 7.17. The first-order valence-electron chi connectivity index (χ1n) is 5.81. The predicted octanol–water partition coefficient (Wildman–Crippen LogP) is 2.56. The highest BCUT2D eigenvalue weighted by Crippen LogP contribution is 2.17. The van der Waals surface area contributed by atoms with Gasteiger partial charge in [0.25, 0.3) is 5.91 Å². The fraction of sp³-hybridized carbons (Fsp3) is 0.333. The summed E-state index contributed by atoms with van der Waals surface area (Å²) in [6, 6.07) is 5.75. The molecule has 19 heavy (non-hydrogen) atoms. The SMILES string of the molecule is CCN(Cc1cccc(C)n1)C(=O)c1nnc(Cl)s1. The number of aromatic nitrogens is 3. The molecule has 0 saturated heterocycles. The number of pyridine rings is 1. The number of hydrogen-bond donors (Lipinski definition) is 0. The third-order valence-electron chi connectivity index (χ3n) is 2.55. The Balaban J connectivity index is 2.14. The van der Waals surface area contributed by atoms with Gasteiger partial charge < -0.3 is 4.90 Å². The van der Waals surface area contributed by atoms with Crippen molar-refractivity contribution in [1.82, 2.24) is 20.1 Å². The number of aryl methyl sites for hydroxylation is 1. The summed E-state index contributed by atoms with van der Waals surface area (Å²) in [5.74, 6) is -0.171. The van der Waals surface area contributed by atoms with E-state index in [-0.39, 0.29) is 10.4 Å². The molecule has 0 bridgehead atoms. The third kappa shape index (κ3) is 3.48. The smallest absolute Gasteiger partial charge is 0.285 e. The molecular formula is C12H13ClN4OS. The number of halogens is 1. The summed E-state index contributed by atoms with van der Waals surface area (Å²) in [5, 5.41) is 7.72.